The van der Waals surface area contributed by atoms with Gasteiger partial charge >= 0.3 is 0 Å². The minimum atomic E-state index is -0.552. The van der Waals surface area contributed by atoms with Gasteiger partial charge in [-0.3, -0.25) is 4.79 Å². The highest BCUT2D eigenvalue weighted by atomic mass is 19.1. The molecule has 1 aliphatic heterocycles. The molecular formula is C22H23FN6O. The maximum absolute atomic E-state index is 14.6. The molecule has 7 nitrogen and oxygen atoms in total. The predicted molar refractivity (Wildman–Crippen MR) is 114 cm³/mol. The number of hydrogen-bond acceptors (Lipinski definition) is 6. The Bertz CT molecular complexity index is 1090. The van der Waals surface area contributed by atoms with Crippen LogP contribution in [0.25, 0.3) is 22.4 Å². The molecule has 154 valence electrons. The van der Waals surface area contributed by atoms with E-state index in [-0.39, 0.29) is 17.4 Å². The van der Waals surface area contributed by atoms with Crippen molar-refractivity contribution in [2.24, 2.45) is 0 Å². The van der Waals surface area contributed by atoms with Gasteiger partial charge in [-0.2, -0.15) is 0 Å². The zero-order valence-corrected chi connectivity index (χ0v) is 16.7. The Balaban J connectivity index is 1.83. The summed E-state index contributed by atoms with van der Waals surface area (Å²) in [6, 6.07) is 7.94. The fraction of sp³-hybridized carbons (Fsp3) is 0.273. The first-order valence-electron chi connectivity index (χ1n) is 9.89. The molecule has 1 fully saturated rings. The normalized spacial score (nSPS) is 14.0. The van der Waals surface area contributed by atoms with Crippen LogP contribution in [0.15, 0.2) is 36.5 Å². The Morgan fingerprint density at radius 2 is 1.77 bits per heavy atom. The third-order valence-corrected chi connectivity index (χ3v) is 5.30. The highest BCUT2D eigenvalue weighted by molar-refractivity contribution is 5.96. The van der Waals surface area contributed by atoms with Gasteiger partial charge in [0, 0.05) is 36.0 Å². The Labute approximate surface area is 174 Å². The van der Waals surface area contributed by atoms with Crippen LogP contribution in [0.4, 0.5) is 16.2 Å². The van der Waals surface area contributed by atoms with Crippen molar-refractivity contribution in [1.29, 1.82) is 0 Å². The van der Waals surface area contributed by atoms with Gasteiger partial charge in [-0.1, -0.05) is 0 Å². The fourth-order valence-electron chi connectivity index (χ4n) is 3.81. The second-order valence-electron chi connectivity index (χ2n) is 7.41. The lowest BCUT2D eigenvalue weighted by molar-refractivity contribution is 0.0719. The molecule has 0 aliphatic carbocycles. The maximum Gasteiger partial charge on any atom is 0.256 e. The van der Waals surface area contributed by atoms with E-state index in [1.165, 1.54) is 6.07 Å². The van der Waals surface area contributed by atoms with E-state index >= 15 is 0 Å². The van der Waals surface area contributed by atoms with E-state index < -0.39 is 5.82 Å². The number of benzene rings is 1. The van der Waals surface area contributed by atoms with Gasteiger partial charge in [-0.25, -0.2) is 19.3 Å². The molecule has 0 bridgehead atoms. The second kappa shape index (κ2) is 8.06. The van der Waals surface area contributed by atoms with Crippen molar-refractivity contribution in [2.75, 3.05) is 24.6 Å². The summed E-state index contributed by atoms with van der Waals surface area (Å²) in [5.41, 5.74) is 14.9. The van der Waals surface area contributed by atoms with Crippen LogP contribution in [0.3, 0.4) is 0 Å². The molecule has 1 amide bonds. The van der Waals surface area contributed by atoms with E-state index in [0.29, 0.717) is 41.4 Å². The molecule has 0 atom stereocenters. The van der Waals surface area contributed by atoms with Gasteiger partial charge in [-0.05, 0) is 56.5 Å². The van der Waals surface area contributed by atoms with Gasteiger partial charge in [0.1, 0.15) is 11.6 Å². The van der Waals surface area contributed by atoms with E-state index in [1.807, 2.05) is 13.0 Å². The van der Waals surface area contributed by atoms with Gasteiger partial charge < -0.3 is 16.4 Å². The smallest absolute Gasteiger partial charge is 0.256 e. The van der Waals surface area contributed by atoms with Crippen molar-refractivity contribution in [3.63, 3.8) is 0 Å². The molecule has 0 radical (unpaired) electrons. The fourth-order valence-corrected chi connectivity index (χ4v) is 3.81. The molecule has 1 aromatic carbocycles. The number of nitrogens with zero attached hydrogens (tertiary/aromatic N) is 4. The summed E-state index contributed by atoms with van der Waals surface area (Å²) in [6.07, 6.45) is 4.58. The molecule has 3 aromatic rings. The summed E-state index contributed by atoms with van der Waals surface area (Å²) in [7, 11) is 0. The number of carbonyl (C=O) groups is 1. The van der Waals surface area contributed by atoms with Crippen LogP contribution >= 0.6 is 0 Å². The number of rotatable bonds is 3. The second-order valence-corrected chi connectivity index (χ2v) is 7.41. The Morgan fingerprint density at radius 3 is 2.47 bits per heavy atom. The number of amides is 1. The number of aromatic nitrogens is 3. The Morgan fingerprint density at radius 1 is 1.03 bits per heavy atom. The number of pyridine rings is 1. The summed E-state index contributed by atoms with van der Waals surface area (Å²) in [5.74, 6) is -0.360. The number of carbonyl (C=O) groups excluding carboxylic acids is 1. The lowest BCUT2D eigenvalue weighted by Crippen LogP contribution is -2.36. The van der Waals surface area contributed by atoms with Gasteiger partial charge in [0.2, 0.25) is 5.95 Å². The van der Waals surface area contributed by atoms with Gasteiger partial charge in [-0.15, -0.1) is 0 Å². The van der Waals surface area contributed by atoms with E-state index in [0.717, 1.165) is 24.8 Å². The zero-order chi connectivity index (χ0) is 21.3. The molecule has 1 aliphatic rings. The SMILES string of the molecule is Cc1nc(N)nc(-c2ccc(F)c(C(=O)N3CCCCC3)c2)c1-c1ccc(N)nc1. The van der Waals surface area contributed by atoms with Gasteiger partial charge in [0.15, 0.2) is 0 Å². The monoisotopic (exact) mass is 406 g/mol. The number of aryl methyl sites for hydroxylation is 1. The third-order valence-electron chi connectivity index (χ3n) is 5.30. The van der Waals surface area contributed by atoms with Crippen LogP contribution in [-0.4, -0.2) is 38.8 Å². The summed E-state index contributed by atoms with van der Waals surface area (Å²) in [6.45, 7) is 3.10. The van der Waals surface area contributed by atoms with E-state index in [4.69, 9.17) is 11.5 Å². The summed E-state index contributed by atoms with van der Waals surface area (Å²) in [5, 5.41) is 0. The molecule has 30 heavy (non-hydrogen) atoms. The first-order valence-corrected chi connectivity index (χ1v) is 9.89. The van der Waals surface area contributed by atoms with Gasteiger partial charge in [0.05, 0.1) is 17.0 Å². The molecule has 3 heterocycles. The Kier molecular flexibility index (Phi) is 5.31. The third kappa shape index (κ3) is 3.80. The van der Waals surface area contributed by atoms with Crippen molar-refractivity contribution >= 4 is 17.7 Å². The van der Waals surface area contributed by atoms with E-state index in [2.05, 4.69) is 15.0 Å². The zero-order valence-electron chi connectivity index (χ0n) is 16.7. The minimum Gasteiger partial charge on any atom is -0.384 e. The molecule has 4 N–H and O–H groups in total. The number of nitrogen functional groups attached to an aromatic ring is 2. The van der Waals surface area contributed by atoms with E-state index in [9.17, 15) is 9.18 Å². The Hall–Kier alpha value is -3.55. The average molecular weight is 406 g/mol. The van der Waals surface area contributed by atoms with Crippen LogP contribution in [0, 0.1) is 12.7 Å². The topological polar surface area (TPSA) is 111 Å². The quantitative estimate of drug-likeness (QED) is 0.689. The van der Waals surface area contributed by atoms with Crippen molar-refractivity contribution in [2.45, 2.75) is 26.2 Å². The standard InChI is InChI=1S/C22H23FN6O/c1-13-19(15-6-8-18(24)26-12-15)20(28-22(25)27-13)14-5-7-17(23)16(11-14)21(30)29-9-3-2-4-10-29/h5-8,11-12H,2-4,9-10H2,1H3,(H2,24,26)(H2,25,27,28). The number of hydrogen-bond donors (Lipinski definition) is 2. The number of piperidine rings is 1. The van der Waals surface area contributed by atoms with E-state index in [1.54, 1.807) is 29.3 Å². The van der Waals surface area contributed by atoms with Gasteiger partial charge in [0.25, 0.3) is 5.91 Å². The van der Waals surface area contributed by atoms with Crippen LogP contribution < -0.4 is 11.5 Å². The predicted octanol–water partition coefficient (Wildman–Crippen LogP) is 3.44. The molecule has 2 aromatic heterocycles. The minimum absolute atomic E-state index is 0.0330. The molecule has 1 saturated heterocycles. The van der Waals surface area contributed by atoms with Crippen LogP contribution in [0.1, 0.15) is 35.3 Å². The highest BCUT2D eigenvalue weighted by Gasteiger charge is 2.23. The molecule has 8 heteroatoms. The van der Waals surface area contributed by atoms with Crippen LogP contribution in [0.2, 0.25) is 0 Å². The first-order chi connectivity index (χ1) is 14.4. The van der Waals surface area contributed by atoms with Crippen molar-refractivity contribution in [3.8, 4) is 22.4 Å². The molecule has 4 rings (SSSR count). The van der Waals surface area contributed by atoms with Crippen molar-refractivity contribution in [3.05, 3.63) is 53.6 Å². The number of anilines is 2. The first kappa shape index (κ1) is 19.8. The molecule has 0 saturated carbocycles. The number of likely N-dealkylation sites (tertiary alicyclic amines) is 1. The number of halogens is 1. The van der Waals surface area contributed by atoms with Crippen molar-refractivity contribution in [1.82, 2.24) is 19.9 Å². The lowest BCUT2D eigenvalue weighted by atomic mass is 9.97. The van der Waals surface area contributed by atoms with Crippen LogP contribution in [-0.2, 0) is 0 Å². The molecule has 0 unspecified atom stereocenters. The highest BCUT2D eigenvalue weighted by Crippen LogP contribution is 2.34. The molecular weight excluding hydrogens is 383 g/mol. The largest absolute Gasteiger partial charge is 0.384 e. The molecule has 0 spiro atoms. The van der Waals surface area contributed by atoms with Crippen LogP contribution in [0.5, 0.6) is 0 Å². The summed E-state index contributed by atoms with van der Waals surface area (Å²) in [4.78, 5) is 27.5. The van der Waals surface area contributed by atoms with Crippen molar-refractivity contribution < 1.29 is 9.18 Å². The number of nitrogens with two attached hydrogens (primary N) is 2. The lowest BCUT2D eigenvalue weighted by Gasteiger charge is -2.27. The summed E-state index contributed by atoms with van der Waals surface area (Å²) >= 11 is 0. The summed E-state index contributed by atoms with van der Waals surface area (Å²) < 4.78 is 14.6. The maximum atomic E-state index is 14.6. The average Bonchev–Trinajstić information content (AvgIpc) is 2.75.